The molecular formula is C32H19Cl2N3O2. The molecule has 0 aliphatic rings. The lowest BCUT2D eigenvalue weighted by atomic mass is 10.1. The number of benzene rings is 5. The maximum atomic E-state index is 6.43. The van der Waals surface area contributed by atoms with Crippen LogP contribution in [0.25, 0.3) is 45.1 Å². The van der Waals surface area contributed by atoms with Crippen LogP contribution < -0.4 is 4.90 Å². The molecule has 0 N–H and O–H groups in total. The van der Waals surface area contributed by atoms with Gasteiger partial charge in [-0.2, -0.15) is 0 Å². The quantitative estimate of drug-likeness (QED) is 0.214. The first-order chi connectivity index (χ1) is 19.1. The molecule has 0 atom stereocenters. The van der Waals surface area contributed by atoms with Gasteiger partial charge in [-0.15, -0.1) is 0 Å². The van der Waals surface area contributed by atoms with Crippen LogP contribution in [0.2, 0.25) is 10.0 Å². The summed E-state index contributed by atoms with van der Waals surface area (Å²) in [6, 6.07) is 36.9. The van der Waals surface area contributed by atoms with Crippen LogP contribution in [0.3, 0.4) is 0 Å². The molecule has 5 nitrogen and oxygen atoms in total. The van der Waals surface area contributed by atoms with E-state index < -0.39 is 0 Å². The third kappa shape index (κ3) is 4.52. The van der Waals surface area contributed by atoms with E-state index in [0.717, 1.165) is 39.2 Å². The molecule has 2 heterocycles. The fraction of sp³-hybridized carbons (Fsp3) is 0. The molecule has 0 aliphatic heterocycles. The van der Waals surface area contributed by atoms with Crippen LogP contribution >= 0.6 is 23.2 Å². The van der Waals surface area contributed by atoms with Crippen LogP contribution in [0, 0.1) is 0 Å². The molecule has 0 aliphatic carbocycles. The van der Waals surface area contributed by atoms with Gasteiger partial charge in [0.1, 0.15) is 11.0 Å². The standard InChI is InChI=1S/C32H19Cl2N3O2/c33-22-15-23(34)17-26(16-22)37(24-11-13-27-29(18-24)38-31(35-27)20-7-3-1-4-8-20)25-12-14-28-30(19-25)39-32(36-28)21-9-5-2-6-10-21/h1-19H. The van der Waals surface area contributed by atoms with Crippen LogP contribution in [-0.2, 0) is 0 Å². The molecule has 188 valence electrons. The smallest absolute Gasteiger partial charge is 0.227 e. The summed E-state index contributed by atoms with van der Waals surface area (Å²) in [4.78, 5) is 11.4. The van der Waals surface area contributed by atoms with Crippen molar-refractivity contribution in [3.05, 3.63) is 125 Å². The van der Waals surface area contributed by atoms with E-state index in [4.69, 9.17) is 32.0 Å². The van der Waals surface area contributed by atoms with Crippen molar-refractivity contribution < 1.29 is 8.83 Å². The van der Waals surface area contributed by atoms with Crippen LogP contribution in [0.4, 0.5) is 17.1 Å². The van der Waals surface area contributed by atoms with E-state index >= 15 is 0 Å². The fourth-order valence-electron chi connectivity index (χ4n) is 4.63. The lowest BCUT2D eigenvalue weighted by Crippen LogP contribution is -2.09. The highest BCUT2D eigenvalue weighted by molar-refractivity contribution is 6.35. The number of aromatic nitrogens is 2. The first kappa shape index (κ1) is 23.5. The summed E-state index contributed by atoms with van der Waals surface area (Å²) < 4.78 is 12.3. The second-order valence-corrected chi connectivity index (χ2v) is 9.91. The first-order valence-electron chi connectivity index (χ1n) is 12.3. The molecule has 39 heavy (non-hydrogen) atoms. The molecule has 0 saturated carbocycles. The van der Waals surface area contributed by atoms with E-state index in [9.17, 15) is 0 Å². The summed E-state index contributed by atoms with van der Waals surface area (Å²) in [5.74, 6) is 1.13. The SMILES string of the molecule is Clc1cc(Cl)cc(N(c2ccc3nc(-c4ccccc4)oc3c2)c2ccc3nc(-c4ccccc4)oc3c2)c1. The Balaban J connectivity index is 1.37. The molecule has 0 amide bonds. The summed E-state index contributed by atoms with van der Waals surface area (Å²) >= 11 is 12.9. The molecule has 7 rings (SSSR count). The number of nitrogens with zero attached hydrogens (tertiary/aromatic N) is 3. The normalized spacial score (nSPS) is 11.3. The van der Waals surface area contributed by atoms with Gasteiger partial charge < -0.3 is 13.7 Å². The highest BCUT2D eigenvalue weighted by Gasteiger charge is 2.18. The minimum Gasteiger partial charge on any atom is -0.436 e. The van der Waals surface area contributed by atoms with Gasteiger partial charge in [-0.05, 0) is 66.7 Å². The average Bonchev–Trinajstić information content (AvgIpc) is 3.58. The molecule has 0 radical (unpaired) electrons. The van der Waals surface area contributed by atoms with E-state index in [-0.39, 0.29) is 0 Å². The number of oxazole rings is 2. The molecule has 0 saturated heterocycles. The molecule has 5 aromatic carbocycles. The van der Waals surface area contributed by atoms with Crippen molar-refractivity contribution in [2.75, 3.05) is 4.90 Å². The molecule has 7 heteroatoms. The van der Waals surface area contributed by atoms with Crippen molar-refractivity contribution in [1.82, 2.24) is 9.97 Å². The van der Waals surface area contributed by atoms with Gasteiger partial charge in [0, 0.05) is 50.4 Å². The van der Waals surface area contributed by atoms with Crippen molar-refractivity contribution in [2.45, 2.75) is 0 Å². The number of halogens is 2. The van der Waals surface area contributed by atoms with Crippen molar-refractivity contribution >= 4 is 62.5 Å². The zero-order valence-electron chi connectivity index (χ0n) is 20.4. The maximum absolute atomic E-state index is 6.43. The monoisotopic (exact) mass is 547 g/mol. The Bertz CT molecular complexity index is 1810. The largest absolute Gasteiger partial charge is 0.436 e. The molecule has 7 aromatic rings. The van der Waals surface area contributed by atoms with Gasteiger partial charge in [-0.25, -0.2) is 9.97 Å². The number of anilines is 3. The zero-order chi connectivity index (χ0) is 26.3. The number of rotatable bonds is 5. The predicted molar refractivity (Wildman–Crippen MR) is 157 cm³/mol. The number of hydrogen-bond acceptors (Lipinski definition) is 5. The Kier molecular flexibility index (Phi) is 5.81. The van der Waals surface area contributed by atoms with Crippen LogP contribution in [-0.4, -0.2) is 9.97 Å². The topological polar surface area (TPSA) is 55.3 Å². The highest BCUT2D eigenvalue weighted by Crippen LogP contribution is 2.40. The number of fused-ring (bicyclic) bond motifs is 2. The van der Waals surface area contributed by atoms with Crippen molar-refractivity contribution in [2.24, 2.45) is 0 Å². The third-order valence-electron chi connectivity index (χ3n) is 6.41. The van der Waals surface area contributed by atoms with Crippen molar-refractivity contribution in [3.63, 3.8) is 0 Å². The van der Waals surface area contributed by atoms with Gasteiger partial charge in [0.15, 0.2) is 11.2 Å². The van der Waals surface area contributed by atoms with E-state index in [1.807, 2.05) is 114 Å². The molecular weight excluding hydrogens is 529 g/mol. The van der Waals surface area contributed by atoms with Gasteiger partial charge in [-0.1, -0.05) is 59.6 Å². The first-order valence-corrected chi connectivity index (χ1v) is 13.0. The summed E-state index contributed by atoms with van der Waals surface area (Å²) in [5.41, 5.74) is 7.17. The van der Waals surface area contributed by atoms with E-state index in [2.05, 4.69) is 9.97 Å². The van der Waals surface area contributed by atoms with Gasteiger partial charge in [0.2, 0.25) is 11.8 Å². The summed E-state index contributed by atoms with van der Waals surface area (Å²) in [6.07, 6.45) is 0. The van der Waals surface area contributed by atoms with E-state index in [1.165, 1.54) is 0 Å². The second-order valence-electron chi connectivity index (χ2n) is 9.04. The van der Waals surface area contributed by atoms with Gasteiger partial charge >= 0.3 is 0 Å². The lowest BCUT2D eigenvalue weighted by molar-refractivity contribution is 0.620. The van der Waals surface area contributed by atoms with Gasteiger partial charge in [-0.3, -0.25) is 0 Å². The van der Waals surface area contributed by atoms with Crippen LogP contribution in [0.1, 0.15) is 0 Å². The molecule has 0 spiro atoms. The number of hydrogen-bond donors (Lipinski definition) is 0. The summed E-state index contributed by atoms with van der Waals surface area (Å²) in [7, 11) is 0. The van der Waals surface area contributed by atoms with Crippen molar-refractivity contribution in [3.8, 4) is 22.9 Å². The minimum atomic E-state index is 0.529. The second kappa shape index (κ2) is 9.62. The fourth-order valence-corrected chi connectivity index (χ4v) is 5.14. The zero-order valence-corrected chi connectivity index (χ0v) is 21.9. The molecule has 0 unspecified atom stereocenters. The van der Waals surface area contributed by atoms with E-state index in [0.29, 0.717) is 33.0 Å². The third-order valence-corrected chi connectivity index (χ3v) is 6.84. The van der Waals surface area contributed by atoms with Crippen LogP contribution in [0.15, 0.2) is 124 Å². The Morgan fingerprint density at radius 1 is 0.487 bits per heavy atom. The van der Waals surface area contributed by atoms with Crippen LogP contribution in [0.5, 0.6) is 0 Å². The van der Waals surface area contributed by atoms with E-state index in [1.54, 1.807) is 6.07 Å². The minimum absolute atomic E-state index is 0.529. The van der Waals surface area contributed by atoms with Crippen molar-refractivity contribution in [1.29, 1.82) is 0 Å². The highest BCUT2D eigenvalue weighted by atomic mass is 35.5. The molecule has 2 aromatic heterocycles. The molecule has 0 bridgehead atoms. The Morgan fingerprint density at radius 3 is 1.41 bits per heavy atom. The summed E-state index contributed by atoms with van der Waals surface area (Å²) in [5, 5.41) is 1.06. The molecule has 0 fully saturated rings. The maximum Gasteiger partial charge on any atom is 0.227 e. The Morgan fingerprint density at radius 2 is 0.949 bits per heavy atom. The van der Waals surface area contributed by atoms with Gasteiger partial charge in [0.25, 0.3) is 0 Å². The predicted octanol–water partition coefficient (Wildman–Crippen LogP) is 10.1. The Labute approximate surface area is 233 Å². The Hall–Kier alpha value is -4.58. The average molecular weight is 548 g/mol. The van der Waals surface area contributed by atoms with Gasteiger partial charge in [0.05, 0.1) is 0 Å². The summed E-state index contributed by atoms with van der Waals surface area (Å²) in [6.45, 7) is 0. The lowest BCUT2D eigenvalue weighted by Gasteiger charge is -2.25.